The lowest BCUT2D eigenvalue weighted by Gasteiger charge is -2.36. The molecule has 5 heteroatoms. The summed E-state index contributed by atoms with van der Waals surface area (Å²) in [4.78, 5) is 20.1. The van der Waals surface area contributed by atoms with Gasteiger partial charge in [0.2, 0.25) is 0 Å². The number of aromatic nitrogens is 1. The fourth-order valence-corrected chi connectivity index (χ4v) is 4.19. The predicted molar refractivity (Wildman–Crippen MR) is 81.2 cm³/mol. The van der Waals surface area contributed by atoms with Crippen LogP contribution < -0.4 is 0 Å². The van der Waals surface area contributed by atoms with Crippen molar-refractivity contribution in [3.05, 3.63) is 29.6 Å². The van der Waals surface area contributed by atoms with Crippen molar-refractivity contribution in [3.8, 4) is 10.6 Å². The Hall–Kier alpha value is -1.62. The number of hydrogen-bond donors (Lipinski definition) is 0. The van der Waals surface area contributed by atoms with Crippen molar-refractivity contribution in [2.75, 3.05) is 6.54 Å². The maximum Gasteiger partial charge on any atom is 0.276 e. The Balaban J connectivity index is 1.61. The number of rotatable bonds is 3. The molecule has 1 aliphatic carbocycles. The standard InChI is InChI=1S/C16H18N2O2S/c19-16(18-8-2-6-12(18)11-4-1-5-11)14-15(20-10-17-14)13-7-3-9-21-13/h3,7,9-12H,1-2,4-6,8H2. The SMILES string of the molecule is O=C(c1ncoc1-c1cccs1)N1CCCC1C1CCC1. The zero-order valence-electron chi connectivity index (χ0n) is 11.8. The average Bonchev–Trinajstić information content (AvgIpc) is 3.17. The first-order valence-corrected chi connectivity index (χ1v) is 8.51. The minimum absolute atomic E-state index is 0.0431. The Morgan fingerprint density at radius 1 is 1.33 bits per heavy atom. The van der Waals surface area contributed by atoms with Gasteiger partial charge < -0.3 is 9.32 Å². The molecule has 2 aromatic rings. The zero-order chi connectivity index (χ0) is 14.2. The molecule has 3 heterocycles. The number of carbonyl (C=O) groups excluding carboxylic acids is 1. The number of amides is 1. The second-order valence-electron chi connectivity index (χ2n) is 5.91. The zero-order valence-corrected chi connectivity index (χ0v) is 12.6. The molecule has 0 spiro atoms. The molecule has 4 nitrogen and oxygen atoms in total. The van der Waals surface area contributed by atoms with Gasteiger partial charge in [-0.2, -0.15) is 0 Å². The van der Waals surface area contributed by atoms with Gasteiger partial charge in [-0.3, -0.25) is 4.79 Å². The minimum atomic E-state index is 0.0431. The molecule has 1 aliphatic heterocycles. The Labute approximate surface area is 127 Å². The van der Waals surface area contributed by atoms with E-state index in [2.05, 4.69) is 4.98 Å². The van der Waals surface area contributed by atoms with Crippen LogP contribution in [-0.4, -0.2) is 28.4 Å². The molecule has 0 N–H and O–H groups in total. The van der Waals surface area contributed by atoms with E-state index in [1.165, 1.54) is 25.7 Å². The van der Waals surface area contributed by atoms with E-state index in [1.807, 2.05) is 22.4 Å². The highest BCUT2D eigenvalue weighted by Crippen LogP contribution is 2.38. The van der Waals surface area contributed by atoms with E-state index in [1.54, 1.807) is 11.3 Å². The number of thiophene rings is 1. The van der Waals surface area contributed by atoms with E-state index in [9.17, 15) is 4.79 Å². The van der Waals surface area contributed by atoms with E-state index in [4.69, 9.17) is 4.42 Å². The second-order valence-corrected chi connectivity index (χ2v) is 6.85. The Kier molecular flexibility index (Phi) is 3.30. The summed E-state index contributed by atoms with van der Waals surface area (Å²) in [7, 11) is 0. The van der Waals surface area contributed by atoms with Gasteiger partial charge in [0.15, 0.2) is 17.8 Å². The van der Waals surface area contributed by atoms with E-state index < -0.39 is 0 Å². The molecular weight excluding hydrogens is 284 g/mol. The lowest BCUT2D eigenvalue weighted by Crippen LogP contribution is -2.42. The van der Waals surface area contributed by atoms with Gasteiger partial charge in [-0.25, -0.2) is 4.98 Å². The van der Waals surface area contributed by atoms with Gasteiger partial charge in [-0.15, -0.1) is 11.3 Å². The first-order valence-electron chi connectivity index (χ1n) is 7.63. The maximum absolute atomic E-state index is 12.9. The van der Waals surface area contributed by atoms with E-state index in [0.29, 0.717) is 23.4 Å². The first kappa shape index (κ1) is 13.1. The summed E-state index contributed by atoms with van der Waals surface area (Å²) in [6.07, 6.45) is 7.49. The summed E-state index contributed by atoms with van der Waals surface area (Å²) in [5.41, 5.74) is 0.476. The number of nitrogens with zero attached hydrogens (tertiary/aromatic N) is 2. The summed E-state index contributed by atoms with van der Waals surface area (Å²) in [6.45, 7) is 0.858. The Morgan fingerprint density at radius 3 is 2.95 bits per heavy atom. The van der Waals surface area contributed by atoms with Crippen LogP contribution in [0.25, 0.3) is 10.6 Å². The van der Waals surface area contributed by atoms with Crippen molar-refractivity contribution in [2.24, 2.45) is 5.92 Å². The molecule has 1 unspecified atom stereocenters. The first-order chi connectivity index (χ1) is 10.3. The van der Waals surface area contributed by atoms with Crippen LogP contribution in [0.5, 0.6) is 0 Å². The normalized spacial score (nSPS) is 22.5. The maximum atomic E-state index is 12.9. The van der Waals surface area contributed by atoms with Gasteiger partial charge in [0.1, 0.15) is 0 Å². The molecular formula is C16H18N2O2S. The Morgan fingerprint density at radius 2 is 2.24 bits per heavy atom. The molecule has 0 radical (unpaired) electrons. The highest BCUT2D eigenvalue weighted by Gasteiger charge is 2.39. The van der Waals surface area contributed by atoms with Crippen LogP contribution in [0, 0.1) is 5.92 Å². The molecule has 2 aromatic heterocycles. The van der Waals surface area contributed by atoms with Crippen molar-refractivity contribution in [3.63, 3.8) is 0 Å². The van der Waals surface area contributed by atoms with Crippen molar-refractivity contribution in [1.82, 2.24) is 9.88 Å². The summed E-state index contributed by atoms with van der Waals surface area (Å²) >= 11 is 1.57. The summed E-state index contributed by atoms with van der Waals surface area (Å²) in [5.74, 6) is 1.37. The molecule has 0 bridgehead atoms. The Bertz CT molecular complexity index is 631. The van der Waals surface area contributed by atoms with Crippen molar-refractivity contribution in [1.29, 1.82) is 0 Å². The monoisotopic (exact) mass is 302 g/mol. The topological polar surface area (TPSA) is 46.3 Å². The quantitative estimate of drug-likeness (QED) is 0.866. The van der Waals surface area contributed by atoms with Crippen LogP contribution in [0.2, 0.25) is 0 Å². The third-order valence-corrected chi connectivity index (χ3v) is 5.64. The fourth-order valence-electron chi connectivity index (χ4n) is 3.48. The van der Waals surface area contributed by atoms with Crippen molar-refractivity contribution < 1.29 is 9.21 Å². The summed E-state index contributed by atoms with van der Waals surface area (Å²) in [5, 5.41) is 1.99. The molecule has 2 fully saturated rings. The second kappa shape index (κ2) is 5.30. The van der Waals surface area contributed by atoms with Gasteiger partial charge in [0, 0.05) is 12.6 Å². The third kappa shape index (κ3) is 2.20. The summed E-state index contributed by atoms with van der Waals surface area (Å²) < 4.78 is 5.48. The average molecular weight is 302 g/mol. The predicted octanol–water partition coefficient (Wildman–Crippen LogP) is 3.81. The minimum Gasteiger partial charge on any atom is -0.442 e. The third-order valence-electron chi connectivity index (χ3n) is 4.77. The van der Waals surface area contributed by atoms with Crippen LogP contribution in [0.15, 0.2) is 28.3 Å². The van der Waals surface area contributed by atoms with E-state index >= 15 is 0 Å². The summed E-state index contributed by atoms with van der Waals surface area (Å²) in [6, 6.07) is 4.35. The van der Waals surface area contributed by atoms with Crippen molar-refractivity contribution in [2.45, 2.75) is 38.1 Å². The highest BCUT2D eigenvalue weighted by atomic mass is 32.1. The van der Waals surface area contributed by atoms with Crippen LogP contribution in [0.3, 0.4) is 0 Å². The fraction of sp³-hybridized carbons (Fsp3) is 0.500. The van der Waals surface area contributed by atoms with E-state index in [-0.39, 0.29) is 5.91 Å². The lowest BCUT2D eigenvalue weighted by molar-refractivity contribution is 0.0621. The van der Waals surface area contributed by atoms with Gasteiger partial charge in [-0.1, -0.05) is 12.5 Å². The number of carbonyl (C=O) groups is 1. The number of oxazole rings is 1. The van der Waals surface area contributed by atoms with Crippen LogP contribution in [0.4, 0.5) is 0 Å². The van der Waals surface area contributed by atoms with Crippen LogP contribution in [-0.2, 0) is 0 Å². The van der Waals surface area contributed by atoms with Crippen LogP contribution in [0.1, 0.15) is 42.6 Å². The number of likely N-dealkylation sites (tertiary alicyclic amines) is 1. The van der Waals surface area contributed by atoms with Gasteiger partial charge in [0.25, 0.3) is 5.91 Å². The van der Waals surface area contributed by atoms with Crippen LogP contribution >= 0.6 is 11.3 Å². The highest BCUT2D eigenvalue weighted by molar-refractivity contribution is 7.13. The van der Waals surface area contributed by atoms with Crippen molar-refractivity contribution >= 4 is 17.2 Å². The molecule has 2 aliphatic rings. The molecule has 1 amide bonds. The molecule has 0 aromatic carbocycles. The lowest BCUT2D eigenvalue weighted by atomic mass is 9.79. The van der Waals surface area contributed by atoms with Gasteiger partial charge in [0.05, 0.1) is 4.88 Å². The molecule has 1 atom stereocenters. The van der Waals surface area contributed by atoms with Gasteiger partial charge >= 0.3 is 0 Å². The molecule has 21 heavy (non-hydrogen) atoms. The van der Waals surface area contributed by atoms with Gasteiger partial charge in [-0.05, 0) is 43.0 Å². The molecule has 1 saturated heterocycles. The molecule has 4 rings (SSSR count). The number of hydrogen-bond acceptors (Lipinski definition) is 4. The largest absolute Gasteiger partial charge is 0.442 e. The molecule has 1 saturated carbocycles. The smallest absolute Gasteiger partial charge is 0.276 e. The van der Waals surface area contributed by atoms with E-state index in [0.717, 1.165) is 24.3 Å². The molecule has 110 valence electrons.